The molecule has 0 spiro atoms. The van der Waals surface area contributed by atoms with E-state index in [1.807, 2.05) is 52.3 Å². The lowest BCUT2D eigenvalue weighted by Gasteiger charge is -2.30. The highest BCUT2D eigenvalue weighted by Crippen LogP contribution is 2.30. The maximum atomic E-state index is 12.8. The molecule has 2 amide bonds. The molecule has 1 fully saturated rings. The van der Waals surface area contributed by atoms with E-state index < -0.39 is 0 Å². The Bertz CT molecular complexity index is 834. The Morgan fingerprint density at radius 3 is 2.46 bits per heavy atom. The largest absolute Gasteiger partial charge is 0.374 e. The number of nitrogens with zero attached hydrogens (tertiary/aromatic N) is 2. The third-order valence-corrected chi connectivity index (χ3v) is 5.11. The van der Waals surface area contributed by atoms with Crippen LogP contribution in [0.4, 0.5) is 17.1 Å². The molecule has 2 aromatic rings. The number of benzene rings is 2. The van der Waals surface area contributed by atoms with Gasteiger partial charge in [-0.25, -0.2) is 0 Å². The van der Waals surface area contributed by atoms with Crippen molar-refractivity contribution in [3.63, 3.8) is 0 Å². The molecule has 5 heteroatoms. The van der Waals surface area contributed by atoms with Crippen LogP contribution in [0.1, 0.15) is 24.8 Å². The Labute approximate surface area is 153 Å². The molecule has 134 valence electrons. The van der Waals surface area contributed by atoms with Gasteiger partial charge in [0.05, 0.1) is 17.9 Å². The molecule has 0 bridgehead atoms. The summed E-state index contributed by atoms with van der Waals surface area (Å²) in [5.41, 5.74) is 3.95. The average Bonchev–Trinajstić information content (AvgIpc) is 3.11. The number of fused-ring (bicyclic) bond motifs is 1. The third-order valence-electron chi connectivity index (χ3n) is 5.11. The highest BCUT2D eigenvalue weighted by molar-refractivity contribution is 6.00. The fourth-order valence-electron chi connectivity index (χ4n) is 3.82. The van der Waals surface area contributed by atoms with Gasteiger partial charge < -0.3 is 15.1 Å². The van der Waals surface area contributed by atoms with E-state index in [2.05, 4.69) is 11.4 Å². The van der Waals surface area contributed by atoms with Crippen molar-refractivity contribution in [2.24, 2.45) is 0 Å². The summed E-state index contributed by atoms with van der Waals surface area (Å²) < 4.78 is 0. The molecule has 0 aliphatic carbocycles. The second kappa shape index (κ2) is 7.20. The molecule has 0 aromatic heterocycles. The lowest BCUT2D eigenvalue weighted by Crippen LogP contribution is -2.39. The molecule has 26 heavy (non-hydrogen) atoms. The summed E-state index contributed by atoms with van der Waals surface area (Å²) in [6.45, 7) is 1.71. The summed E-state index contributed by atoms with van der Waals surface area (Å²) in [4.78, 5) is 28.6. The smallest absolute Gasteiger partial charge is 0.246 e. The lowest BCUT2D eigenvalue weighted by atomic mass is 10.0. The first-order valence-electron chi connectivity index (χ1n) is 9.25. The van der Waals surface area contributed by atoms with E-state index in [0.717, 1.165) is 49.4 Å². The van der Waals surface area contributed by atoms with Gasteiger partial charge in [0.15, 0.2) is 0 Å². The number of aryl methyl sites for hydroxylation is 1. The molecule has 0 radical (unpaired) electrons. The molecule has 2 heterocycles. The SMILES string of the molecule is O=C(CNc1ccccc1N1CCCC1=O)N1CCCc2ccccc21. The molecular weight excluding hydrogens is 326 g/mol. The van der Waals surface area contributed by atoms with E-state index in [-0.39, 0.29) is 18.4 Å². The van der Waals surface area contributed by atoms with Gasteiger partial charge in [-0.3, -0.25) is 9.59 Å². The van der Waals surface area contributed by atoms with Gasteiger partial charge in [-0.05, 0) is 43.0 Å². The van der Waals surface area contributed by atoms with E-state index >= 15 is 0 Å². The second-order valence-electron chi connectivity index (χ2n) is 6.80. The van der Waals surface area contributed by atoms with E-state index in [1.54, 1.807) is 0 Å². The third kappa shape index (κ3) is 3.17. The predicted octanol–water partition coefficient (Wildman–Crippen LogP) is 3.20. The molecule has 2 aliphatic rings. The van der Waals surface area contributed by atoms with Gasteiger partial charge in [0, 0.05) is 25.2 Å². The molecule has 1 N–H and O–H groups in total. The lowest BCUT2D eigenvalue weighted by molar-refractivity contribution is -0.117. The fraction of sp³-hybridized carbons (Fsp3) is 0.333. The molecule has 0 unspecified atom stereocenters. The van der Waals surface area contributed by atoms with Gasteiger partial charge in [0.1, 0.15) is 0 Å². The summed E-state index contributed by atoms with van der Waals surface area (Å²) in [7, 11) is 0. The minimum absolute atomic E-state index is 0.0553. The Kier molecular flexibility index (Phi) is 4.61. The van der Waals surface area contributed by atoms with E-state index in [0.29, 0.717) is 6.42 Å². The first-order chi connectivity index (χ1) is 12.7. The van der Waals surface area contributed by atoms with Crippen molar-refractivity contribution < 1.29 is 9.59 Å². The quantitative estimate of drug-likeness (QED) is 0.922. The first kappa shape index (κ1) is 16.6. The summed E-state index contributed by atoms with van der Waals surface area (Å²) in [5.74, 6) is 0.204. The fourth-order valence-corrected chi connectivity index (χ4v) is 3.82. The van der Waals surface area contributed by atoms with Crippen LogP contribution in [0.5, 0.6) is 0 Å². The summed E-state index contributed by atoms with van der Waals surface area (Å²) in [5, 5.41) is 3.25. The Balaban J connectivity index is 1.49. The topological polar surface area (TPSA) is 52.7 Å². The maximum Gasteiger partial charge on any atom is 0.246 e. The number of amides is 2. The van der Waals surface area contributed by atoms with Crippen molar-refractivity contribution in [3.05, 3.63) is 54.1 Å². The van der Waals surface area contributed by atoms with E-state index in [9.17, 15) is 9.59 Å². The highest BCUT2D eigenvalue weighted by atomic mass is 16.2. The van der Waals surface area contributed by atoms with Gasteiger partial charge in [0.2, 0.25) is 11.8 Å². The van der Waals surface area contributed by atoms with Gasteiger partial charge in [0.25, 0.3) is 0 Å². The number of carbonyl (C=O) groups is 2. The van der Waals surface area contributed by atoms with Crippen LogP contribution in [0.15, 0.2) is 48.5 Å². The zero-order valence-electron chi connectivity index (χ0n) is 14.8. The molecule has 2 aromatic carbocycles. The van der Waals surface area contributed by atoms with Crippen molar-refractivity contribution in [3.8, 4) is 0 Å². The van der Waals surface area contributed by atoms with Crippen molar-refractivity contribution in [1.29, 1.82) is 0 Å². The predicted molar refractivity (Wildman–Crippen MR) is 104 cm³/mol. The highest BCUT2D eigenvalue weighted by Gasteiger charge is 2.25. The first-order valence-corrected chi connectivity index (χ1v) is 9.25. The minimum Gasteiger partial charge on any atom is -0.374 e. The molecule has 4 rings (SSSR count). The molecule has 0 atom stereocenters. The molecule has 2 aliphatic heterocycles. The Hall–Kier alpha value is -2.82. The van der Waals surface area contributed by atoms with Crippen LogP contribution in [0.3, 0.4) is 0 Å². The number of carbonyl (C=O) groups excluding carboxylic acids is 2. The normalized spacial score (nSPS) is 16.5. The summed E-state index contributed by atoms with van der Waals surface area (Å²) in [6, 6.07) is 15.8. The van der Waals surface area contributed by atoms with E-state index in [1.165, 1.54) is 5.56 Å². The van der Waals surface area contributed by atoms with Crippen molar-refractivity contribution >= 4 is 28.9 Å². The number of hydrogen-bond acceptors (Lipinski definition) is 3. The zero-order valence-corrected chi connectivity index (χ0v) is 14.8. The average molecular weight is 349 g/mol. The van der Waals surface area contributed by atoms with Gasteiger partial charge in [-0.2, -0.15) is 0 Å². The number of nitrogens with one attached hydrogen (secondary N) is 1. The number of rotatable bonds is 4. The number of hydrogen-bond donors (Lipinski definition) is 1. The standard InChI is InChI=1S/C21H23N3O2/c25-20-12-6-14-24(20)19-11-4-2-9-17(19)22-15-21(26)23-13-5-8-16-7-1-3-10-18(16)23/h1-4,7,9-11,22H,5-6,8,12-15H2. The van der Waals surface area contributed by atoms with E-state index in [4.69, 9.17) is 0 Å². The maximum absolute atomic E-state index is 12.8. The van der Waals surface area contributed by atoms with Crippen molar-refractivity contribution in [2.45, 2.75) is 25.7 Å². The Morgan fingerprint density at radius 1 is 0.923 bits per heavy atom. The number of anilines is 3. The van der Waals surface area contributed by atoms with Crippen LogP contribution in [0.2, 0.25) is 0 Å². The Morgan fingerprint density at radius 2 is 1.65 bits per heavy atom. The van der Waals surface area contributed by atoms with Gasteiger partial charge in [-0.1, -0.05) is 30.3 Å². The minimum atomic E-state index is 0.0553. The summed E-state index contributed by atoms with van der Waals surface area (Å²) >= 11 is 0. The van der Waals surface area contributed by atoms with Crippen molar-refractivity contribution in [2.75, 3.05) is 34.8 Å². The van der Waals surface area contributed by atoms with Crippen LogP contribution < -0.4 is 15.1 Å². The molecule has 1 saturated heterocycles. The second-order valence-corrected chi connectivity index (χ2v) is 6.80. The monoisotopic (exact) mass is 349 g/mol. The molecular formula is C21H23N3O2. The number of para-hydroxylation sites is 3. The zero-order chi connectivity index (χ0) is 17.9. The van der Waals surface area contributed by atoms with Crippen LogP contribution in [0.25, 0.3) is 0 Å². The molecule has 5 nitrogen and oxygen atoms in total. The van der Waals surface area contributed by atoms with Crippen LogP contribution in [0, 0.1) is 0 Å². The summed E-state index contributed by atoms with van der Waals surface area (Å²) in [6.07, 6.45) is 3.49. The molecule has 0 saturated carbocycles. The van der Waals surface area contributed by atoms with Crippen LogP contribution >= 0.6 is 0 Å². The van der Waals surface area contributed by atoms with Crippen LogP contribution in [-0.4, -0.2) is 31.4 Å². The van der Waals surface area contributed by atoms with Crippen LogP contribution in [-0.2, 0) is 16.0 Å². The van der Waals surface area contributed by atoms with Gasteiger partial charge >= 0.3 is 0 Å². The van der Waals surface area contributed by atoms with Gasteiger partial charge in [-0.15, -0.1) is 0 Å². The van der Waals surface area contributed by atoms with Crippen molar-refractivity contribution in [1.82, 2.24) is 0 Å².